The Morgan fingerprint density at radius 3 is 1.25 bits per heavy atom. The van der Waals surface area contributed by atoms with E-state index >= 15 is 0 Å². The van der Waals surface area contributed by atoms with Gasteiger partial charge in [0.25, 0.3) is 0 Å². The molecular formula is C16H38N2O2. The summed E-state index contributed by atoms with van der Waals surface area (Å²) in [7, 11) is 0. The summed E-state index contributed by atoms with van der Waals surface area (Å²) in [4.78, 5) is 23.5. The minimum atomic E-state index is -0.365. The molecule has 124 valence electrons. The lowest BCUT2D eigenvalue weighted by Crippen LogP contribution is -2.57. The summed E-state index contributed by atoms with van der Waals surface area (Å²) in [6.45, 7) is 8.96. The zero-order valence-electron chi connectivity index (χ0n) is 10.6. The standard InChI is InChI=1S/C12H22N2O2.4CH4/c1-5-13-9(15)11(3)7-12(4,8-11)10(16)14-6-2;;;;/h5-8H2,1-4H3,(H,13,15)(H,14,16);4*1H4. The fraction of sp³-hybridized carbons (Fsp3) is 0.875. The molecule has 0 aromatic heterocycles. The third-order valence-electron chi connectivity index (χ3n) is 3.33. The Morgan fingerprint density at radius 2 is 1.05 bits per heavy atom. The predicted molar refractivity (Wildman–Crippen MR) is 89.7 cm³/mol. The van der Waals surface area contributed by atoms with E-state index in [0.717, 1.165) is 0 Å². The molecule has 0 radical (unpaired) electrons. The van der Waals surface area contributed by atoms with Gasteiger partial charge in [0.05, 0.1) is 0 Å². The van der Waals surface area contributed by atoms with Crippen molar-refractivity contribution in [2.75, 3.05) is 13.1 Å². The molecule has 0 unspecified atom stereocenters. The second kappa shape index (κ2) is 9.78. The van der Waals surface area contributed by atoms with Crippen LogP contribution in [-0.4, -0.2) is 24.9 Å². The molecule has 2 amide bonds. The molecule has 0 spiro atoms. The molecule has 0 aliphatic heterocycles. The molecule has 0 aromatic rings. The zero-order chi connectivity index (χ0) is 12.4. The van der Waals surface area contributed by atoms with Crippen molar-refractivity contribution < 1.29 is 9.59 Å². The maximum Gasteiger partial charge on any atom is 0.225 e. The smallest absolute Gasteiger partial charge is 0.225 e. The fourth-order valence-corrected chi connectivity index (χ4v) is 2.74. The van der Waals surface area contributed by atoms with E-state index in [2.05, 4.69) is 10.6 Å². The molecule has 1 aliphatic rings. The van der Waals surface area contributed by atoms with Gasteiger partial charge >= 0.3 is 0 Å². The predicted octanol–water partition coefficient (Wildman–Crippen LogP) is 3.61. The highest BCUT2D eigenvalue weighted by molar-refractivity contribution is 5.90. The minimum Gasteiger partial charge on any atom is -0.356 e. The van der Waals surface area contributed by atoms with Crippen LogP contribution in [-0.2, 0) is 9.59 Å². The molecule has 0 atom stereocenters. The summed E-state index contributed by atoms with van der Waals surface area (Å²) in [5, 5.41) is 5.65. The monoisotopic (exact) mass is 290 g/mol. The van der Waals surface area contributed by atoms with Crippen molar-refractivity contribution in [3.8, 4) is 0 Å². The lowest BCUT2D eigenvalue weighted by Gasteiger charge is -2.50. The SMILES string of the molecule is C.C.C.C.CCNC(=O)C1(C)CC(C)(C(=O)NCC)C1. The van der Waals surface area contributed by atoms with E-state index < -0.39 is 0 Å². The summed E-state index contributed by atoms with van der Waals surface area (Å²) in [5.41, 5.74) is -0.730. The first-order valence-corrected chi connectivity index (χ1v) is 5.94. The van der Waals surface area contributed by atoms with E-state index in [1.807, 2.05) is 27.7 Å². The van der Waals surface area contributed by atoms with Gasteiger partial charge in [-0.1, -0.05) is 43.6 Å². The molecule has 0 saturated heterocycles. The van der Waals surface area contributed by atoms with Crippen molar-refractivity contribution >= 4 is 11.8 Å². The van der Waals surface area contributed by atoms with Crippen molar-refractivity contribution in [2.45, 2.75) is 70.2 Å². The molecule has 1 aliphatic carbocycles. The number of amides is 2. The molecular weight excluding hydrogens is 252 g/mol. The number of nitrogens with one attached hydrogen (secondary N) is 2. The van der Waals surface area contributed by atoms with Gasteiger partial charge in [0.1, 0.15) is 0 Å². The van der Waals surface area contributed by atoms with Crippen molar-refractivity contribution in [3.63, 3.8) is 0 Å². The Morgan fingerprint density at radius 1 is 0.800 bits per heavy atom. The van der Waals surface area contributed by atoms with Crippen molar-refractivity contribution in [2.24, 2.45) is 10.8 Å². The Hall–Kier alpha value is -1.06. The van der Waals surface area contributed by atoms with Crippen molar-refractivity contribution in [1.29, 1.82) is 0 Å². The van der Waals surface area contributed by atoms with E-state index in [9.17, 15) is 9.59 Å². The van der Waals surface area contributed by atoms with Crippen LogP contribution >= 0.6 is 0 Å². The topological polar surface area (TPSA) is 58.2 Å². The average Bonchev–Trinajstić information content (AvgIpc) is 2.16. The van der Waals surface area contributed by atoms with Crippen molar-refractivity contribution in [3.05, 3.63) is 0 Å². The molecule has 4 nitrogen and oxygen atoms in total. The number of carbonyl (C=O) groups excluding carboxylic acids is 2. The summed E-state index contributed by atoms with van der Waals surface area (Å²) in [5.74, 6) is 0.133. The summed E-state index contributed by atoms with van der Waals surface area (Å²) >= 11 is 0. The zero-order valence-corrected chi connectivity index (χ0v) is 10.6. The molecule has 20 heavy (non-hydrogen) atoms. The summed E-state index contributed by atoms with van der Waals surface area (Å²) in [6, 6.07) is 0. The molecule has 1 fully saturated rings. The Labute approximate surface area is 127 Å². The number of hydrogen-bond acceptors (Lipinski definition) is 2. The minimum absolute atomic E-state index is 0. The molecule has 0 aromatic carbocycles. The first-order chi connectivity index (χ1) is 7.38. The van der Waals surface area contributed by atoms with Gasteiger partial charge in [-0.2, -0.15) is 0 Å². The van der Waals surface area contributed by atoms with Crippen molar-refractivity contribution in [1.82, 2.24) is 10.6 Å². The Bertz CT molecular complexity index is 267. The number of hydrogen-bond donors (Lipinski definition) is 2. The van der Waals surface area contributed by atoms with Crippen LogP contribution in [0, 0.1) is 10.8 Å². The summed E-state index contributed by atoms with van der Waals surface area (Å²) < 4.78 is 0. The quantitative estimate of drug-likeness (QED) is 0.831. The highest BCUT2D eigenvalue weighted by atomic mass is 16.2. The maximum absolute atomic E-state index is 11.8. The second-order valence-electron chi connectivity index (χ2n) is 5.19. The van der Waals surface area contributed by atoms with E-state index in [1.165, 1.54) is 0 Å². The van der Waals surface area contributed by atoms with E-state index in [0.29, 0.717) is 25.9 Å². The highest BCUT2D eigenvalue weighted by Crippen LogP contribution is 2.54. The van der Waals surface area contributed by atoms with E-state index in [1.54, 1.807) is 0 Å². The van der Waals surface area contributed by atoms with Gasteiger partial charge < -0.3 is 10.6 Å². The van der Waals surface area contributed by atoms with Gasteiger partial charge in [0, 0.05) is 23.9 Å². The second-order valence-corrected chi connectivity index (χ2v) is 5.19. The first-order valence-electron chi connectivity index (χ1n) is 5.94. The Balaban J connectivity index is -0.000000320. The molecule has 4 heteroatoms. The molecule has 0 heterocycles. The fourth-order valence-electron chi connectivity index (χ4n) is 2.74. The first kappa shape index (κ1) is 27.3. The van der Waals surface area contributed by atoms with Gasteiger partial charge in [-0.15, -0.1) is 0 Å². The van der Waals surface area contributed by atoms with Gasteiger partial charge in [-0.05, 0) is 26.7 Å². The van der Waals surface area contributed by atoms with Gasteiger partial charge in [0.2, 0.25) is 11.8 Å². The largest absolute Gasteiger partial charge is 0.356 e. The molecule has 2 N–H and O–H groups in total. The van der Waals surface area contributed by atoms with Crippen LogP contribution in [0.4, 0.5) is 0 Å². The van der Waals surface area contributed by atoms with Gasteiger partial charge in [0.15, 0.2) is 0 Å². The third kappa shape index (κ3) is 5.14. The highest BCUT2D eigenvalue weighted by Gasteiger charge is 2.56. The van der Waals surface area contributed by atoms with Crippen LogP contribution in [0.5, 0.6) is 0 Å². The van der Waals surface area contributed by atoms with Gasteiger partial charge in [-0.25, -0.2) is 0 Å². The van der Waals surface area contributed by atoms with Gasteiger partial charge in [-0.3, -0.25) is 9.59 Å². The normalized spacial score (nSPS) is 26.2. The average molecular weight is 290 g/mol. The lowest BCUT2D eigenvalue weighted by atomic mass is 9.53. The van der Waals surface area contributed by atoms with Crippen LogP contribution in [0.2, 0.25) is 0 Å². The maximum atomic E-state index is 11.8. The van der Waals surface area contributed by atoms with Crippen LogP contribution in [0.25, 0.3) is 0 Å². The number of rotatable bonds is 4. The summed E-state index contributed by atoms with van der Waals surface area (Å²) in [6.07, 6.45) is 1.27. The van der Waals surface area contributed by atoms with Crippen LogP contribution in [0.15, 0.2) is 0 Å². The van der Waals surface area contributed by atoms with Crippen LogP contribution < -0.4 is 10.6 Å². The Kier molecular flexibility index (Phi) is 13.4. The lowest BCUT2D eigenvalue weighted by molar-refractivity contribution is -0.154. The molecule has 1 saturated carbocycles. The van der Waals surface area contributed by atoms with E-state index in [4.69, 9.17) is 0 Å². The number of carbonyl (C=O) groups is 2. The molecule has 0 bridgehead atoms. The molecule has 1 rings (SSSR count). The third-order valence-corrected chi connectivity index (χ3v) is 3.33. The van der Waals surface area contributed by atoms with Crippen LogP contribution in [0.3, 0.4) is 0 Å². The van der Waals surface area contributed by atoms with E-state index in [-0.39, 0.29) is 52.4 Å². The van der Waals surface area contributed by atoms with Crippen LogP contribution in [0.1, 0.15) is 70.2 Å².